The van der Waals surface area contributed by atoms with E-state index in [1.807, 2.05) is 79.9 Å². The number of pyridine rings is 1. The van der Waals surface area contributed by atoms with Gasteiger partial charge in [0.15, 0.2) is 0 Å². The zero-order valence-electron chi connectivity index (χ0n) is 15.3. The summed E-state index contributed by atoms with van der Waals surface area (Å²) in [5.74, 6) is -0.228. The zero-order valence-corrected chi connectivity index (χ0v) is 16.1. The first-order valence-corrected chi connectivity index (χ1v) is 9.68. The van der Waals surface area contributed by atoms with E-state index >= 15 is 0 Å². The Morgan fingerprint density at radius 2 is 1.85 bits per heavy atom. The molecule has 0 unspecified atom stereocenters. The fourth-order valence-electron chi connectivity index (χ4n) is 2.65. The largest absolute Gasteiger partial charge is 0.397 e. The quantitative estimate of drug-likeness (QED) is 0.443. The van der Waals surface area contributed by atoms with Crippen LogP contribution in [0, 0.1) is 0 Å². The molecule has 5 heteroatoms. The Balaban J connectivity index is 0.00000102. The molecule has 0 spiro atoms. The van der Waals surface area contributed by atoms with Crippen molar-refractivity contribution >= 4 is 39.5 Å². The molecule has 0 saturated carbocycles. The van der Waals surface area contributed by atoms with Gasteiger partial charge in [0.25, 0.3) is 5.91 Å². The zero-order chi connectivity index (χ0) is 19.2. The Bertz CT molecular complexity index is 1060. The summed E-state index contributed by atoms with van der Waals surface area (Å²) in [6.45, 7) is 4.00. The summed E-state index contributed by atoms with van der Waals surface area (Å²) < 4.78 is 0. The average Bonchev–Trinajstić information content (AvgIpc) is 3.25. The summed E-state index contributed by atoms with van der Waals surface area (Å²) in [7, 11) is 0. The number of rotatable bonds is 3. The highest BCUT2D eigenvalue weighted by Crippen LogP contribution is 2.30. The van der Waals surface area contributed by atoms with Crippen LogP contribution in [0.2, 0.25) is 0 Å². The van der Waals surface area contributed by atoms with Crippen molar-refractivity contribution in [1.82, 2.24) is 4.98 Å². The van der Waals surface area contributed by atoms with Crippen molar-refractivity contribution in [3.63, 3.8) is 0 Å². The average molecular weight is 375 g/mol. The predicted octanol–water partition coefficient (Wildman–Crippen LogP) is 5.82. The monoisotopic (exact) mass is 375 g/mol. The standard InChI is InChI=1S/C20H15N3OS.C2H6/c21-16-8-7-14(19-6-3-9-25-19)11-18(16)23-20(24)15-10-13-4-1-2-5-17(13)22-12-15;1-2/h1-12H,21H2,(H,23,24);1-2H3. The molecule has 0 aliphatic rings. The van der Waals surface area contributed by atoms with E-state index < -0.39 is 0 Å². The van der Waals surface area contributed by atoms with Gasteiger partial charge >= 0.3 is 0 Å². The van der Waals surface area contributed by atoms with Gasteiger partial charge in [-0.05, 0) is 41.3 Å². The lowest BCUT2D eigenvalue weighted by atomic mass is 10.1. The number of amides is 1. The second-order valence-corrected chi connectivity index (χ2v) is 6.60. The number of carbonyl (C=O) groups is 1. The van der Waals surface area contributed by atoms with E-state index in [1.165, 1.54) is 0 Å². The Kier molecular flexibility index (Phi) is 5.84. The molecule has 0 saturated heterocycles. The number of hydrogen-bond donors (Lipinski definition) is 2. The van der Waals surface area contributed by atoms with Crippen LogP contribution < -0.4 is 11.1 Å². The van der Waals surface area contributed by atoms with E-state index in [0.717, 1.165) is 21.3 Å². The minimum atomic E-state index is -0.228. The highest BCUT2D eigenvalue weighted by molar-refractivity contribution is 7.13. The van der Waals surface area contributed by atoms with Crippen molar-refractivity contribution in [3.8, 4) is 10.4 Å². The molecule has 2 heterocycles. The van der Waals surface area contributed by atoms with Crippen molar-refractivity contribution in [3.05, 3.63) is 77.8 Å². The number of fused-ring (bicyclic) bond motifs is 1. The Labute approximate surface area is 162 Å². The molecule has 4 rings (SSSR count). The fourth-order valence-corrected chi connectivity index (χ4v) is 3.37. The van der Waals surface area contributed by atoms with Crippen LogP contribution in [0.15, 0.2) is 72.2 Å². The van der Waals surface area contributed by atoms with Gasteiger partial charge in [-0.3, -0.25) is 9.78 Å². The molecule has 0 fully saturated rings. The SMILES string of the molecule is CC.Nc1ccc(-c2cccs2)cc1NC(=O)c1cnc2ccccc2c1. The highest BCUT2D eigenvalue weighted by Gasteiger charge is 2.11. The molecule has 4 nitrogen and oxygen atoms in total. The molecule has 3 N–H and O–H groups in total. The maximum absolute atomic E-state index is 12.6. The summed E-state index contributed by atoms with van der Waals surface area (Å²) in [6, 6.07) is 19.2. The third kappa shape index (κ3) is 4.15. The number of carbonyl (C=O) groups excluding carboxylic acids is 1. The number of aromatic nitrogens is 1. The van der Waals surface area contributed by atoms with Gasteiger partial charge in [0.2, 0.25) is 0 Å². The van der Waals surface area contributed by atoms with Crippen LogP contribution in [-0.2, 0) is 0 Å². The maximum Gasteiger partial charge on any atom is 0.257 e. The number of nitrogens with zero attached hydrogens (tertiary/aromatic N) is 1. The number of nitrogens with two attached hydrogens (primary N) is 1. The van der Waals surface area contributed by atoms with Crippen LogP contribution in [0.5, 0.6) is 0 Å². The molecule has 2 aromatic carbocycles. The van der Waals surface area contributed by atoms with Gasteiger partial charge in [-0.1, -0.05) is 44.2 Å². The van der Waals surface area contributed by atoms with Gasteiger partial charge in [-0.2, -0.15) is 0 Å². The van der Waals surface area contributed by atoms with Gasteiger partial charge in [0.1, 0.15) is 0 Å². The van der Waals surface area contributed by atoms with Crippen LogP contribution in [0.3, 0.4) is 0 Å². The molecule has 0 radical (unpaired) electrons. The van der Waals surface area contributed by atoms with Crippen molar-refractivity contribution in [1.29, 1.82) is 0 Å². The number of thiophene rings is 1. The number of nitrogens with one attached hydrogen (secondary N) is 1. The second kappa shape index (κ2) is 8.47. The van der Waals surface area contributed by atoms with Crippen LogP contribution in [0.25, 0.3) is 21.3 Å². The summed E-state index contributed by atoms with van der Waals surface area (Å²) in [6.07, 6.45) is 1.58. The highest BCUT2D eigenvalue weighted by atomic mass is 32.1. The second-order valence-electron chi connectivity index (χ2n) is 5.65. The Morgan fingerprint density at radius 3 is 2.63 bits per heavy atom. The third-order valence-electron chi connectivity index (χ3n) is 3.96. The van der Waals surface area contributed by atoms with Crippen molar-refractivity contribution in [2.75, 3.05) is 11.1 Å². The normalized spacial score (nSPS) is 10.1. The van der Waals surface area contributed by atoms with Crippen molar-refractivity contribution < 1.29 is 4.79 Å². The van der Waals surface area contributed by atoms with Gasteiger partial charge in [0, 0.05) is 16.5 Å². The first kappa shape index (κ1) is 18.6. The molecule has 4 aromatic rings. The smallest absolute Gasteiger partial charge is 0.257 e. The first-order chi connectivity index (χ1) is 13.2. The van der Waals surface area contributed by atoms with Crippen LogP contribution in [0.1, 0.15) is 24.2 Å². The number of benzene rings is 2. The number of para-hydroxylation sites is 1. The number of hydrogen-bond acceptors (Lipinski definition) is 4. The Morgan fingerprint density at radius 1 is 1.04 bits per heavy atom. The molecule has 136 valence electrons. The first-order valence-electron chi connectivity index (χ1n) is 8.80. The predicted molar refractivity (Wildman–Crippen MR) is 115 cm³/mol. The van der Waals surface area contributed by atoms with Crippen molar-refractivity contribution in [2.24, 2.45) is 0 Å². The molecule has 2 aromatic heterocycles. The van der Waals surface area contributed by atoms with Crippen LogP contribution in [0.4, 0.5) is 11.4 Å². The van der Waals surface area contributed by atoms with Crippen LogP contribution >= 0.6 is 11.3 Å². The maximum atomic E-state index is 12.6. The van der Waals surface area contributed by atoms with Crippen LogP contribution in [-0.4, -0.2) is 10.9 Å². The summed E-state index contributed by atoms with van der Waals surface area (Å²) in [5.41, 5.74) is 9.55. The van der Waals surface area contributed by atoms with E-state index in [2.05, 4.69) is 10.3 Å². The van der Waals surface area contributed by atoms with Gasteiger partial charge in [-0.15, -0.1) is 11.3 Å². The molecule has 0 aliphatic carbocycles. The molecule has 27 heavy (non-hydrogen) atoms. The van der Waals surface area contributed by atoms with E-state index in [0.29, 0.717) is 16.9 Å². The van der Waals surface area contributed by atoms with Crippen molar-refractivity contribution in [2.45, 2.75) is 13.8 Å². The molecule has 0 aliphatic heterocycles. The summed E-state index contributed by atoms with van der Waals surface area (Å²) >= 11 is 1.64. The topological polar surface area (TPSA) is 68.0 Å². The van der Waals surface area contributed by atoms with E-state index in [-0.39, 0.29) is 5.91 Å². The molecule has 0 atom stereocenters. The van der Waals surface area contributed by atoms with Gasteiger partial charge in [0.05, 0.1) is 22.5 Å². The van der Waals surface area contributed by atoms with Gasteiger partial charge in [-0.25, -0.2) is 0 Å². The fraction of sp³-hybridized carbons (Fsp3) is 0.0909. The van der Waals surface area contributed by atoms with E-state index in [1.54, 1.807) is 17.5 Å². The molecule has 1 amide bonds. The lowest BCUT2D eigenvalue weighted by molar-refractivity contribution is 0.102. The minimum Gasteiger partial charge on any atom is -0.397 e. The molecular weight excluding hydrogens is 354 g/mol. The molecular formula is C22H21N3OS. The summed E-state index contributed by atoms with van der Waals surface area (Å²) in [4.78, 5) is 18.1. The van der Waals surface area contributed by atoms with E-state index in [4.69, 9.17) is 5.73 Å². The van der Waals surface area contributed by atoms with E-state index in [9.17, 15) is 4.79 Å². The molecule has 0 bridgehead atoms. The number of nitrogen functional groups attached to an aromatic ring is 1. The lowest BCUT2D eigenvalue weighted by Crippen LogP contribution is -2.13. The Hall–Kier alpha value is -3.18. The lowest BCUT2D eigenvalue weighted by Gasteiger charge is -2.10. The summed E-state index contributed by atoms with van der Waals surface area (Å²) in [5, 5.41) is 5.84. The minimum absolute atomic E-state index is 0.228. The third-order valence-corrected chi connectivity index (χ3v) is 4.88. The number of anilines is 2. The van der Waals surface area contributed by atoms with Gasteiger partial charge < -0.3 is 11.1 Å².